The average molecular weight is 446 g/mol. The molecule has 5 heteroatoms. The number of benzene rings is 3. The smallest absolute Gasteiger partial charge is 0.264 e. The minimum Gasteiger partial charge on any atom is -0.265 e. The molecule has 0 radical (unpaired) electrons. The maximum absolute atomic E-state index is 13.8. The number of nitrogens with zero attached hydrogens (tertiary/aromatic N) is 1. The highest BCUT2D eigenvalue weighted by molar-refractivity contribution is 7.92. The fraction of sp³-hybridized carbons (Fsp3) is 0.259. The van der Waals surface area contributed by atoms with E-state index in [0.717, 1.165) is 35.1 Å². The second kappa shape index (κ2) is 6.32. The number of rotatable bonds is 3. The quantitative estimate of drug-likeness (QED) is 0.493. The summed E-state index contributed by atoms with van der Waals surface area (Å²) in [6.45, 7) is 6.71. The Morgan fingerprint density at radius 1 is 0.969 bits per heavy atom. The molecule has 2 saturated carbocycles. The first-order chi connectivity index (χ1) is 15.3. The fourth-order valence-corrected chi connectivity index (χ4v) is 7.83. The Kier molecular flexibility index (Phi) is 3.90. The van der Waals surface area contributed by atoms with E-state index >= 15 is 0 Å². The maximum atomic E-state index is 13.8. The Morgan fingerprint density at radius 2 is 1.62 bits per heavy atom. The highest BCUT2D eigenvalue weighted by Gasteiger charge is 2.76. The Labute approximate surface area is 188 Å². The van der Waals surface area contributed by atoms with Crippen molar-refractivity contribution in [3.05, 3.63) is 107 Å². The highest BCUT2D eigenvalue weighted by Crippen LogP contribution is 2.80. The molecule has 0 aromatic heterocycles. The van der Waals surface area contributed by atoms with Crippen molar-refractivity contribution in [2.24, 2.45) is 11.3 Å². The van der Waals surface area contributed by atoms with Crippen LogP contribution in [0.4, 0.5) is 10.1 Å². The van der Waals surface area contributed by atoms with Crippen molar-refractivity contribution in [3.8, 4) is 0 Å². The van der Waals surface area contributed by atoms with Crippen LogP contribution in [0.1, 0.15) is 29.5 Å². The first-order valence-electron chi connectivity index (χ1n) is 11.0. The summed E-state index contributed by atoms with van der Waals surface area (Å²) in [6, 6.07) is 21.6. The molecule has 0 unspecified atom stereocenters. The number of anilines is 1. The van der Waals surface area contributed by atoms with Gasteiger partial charge in [-0.05, 0) is 61.2 Å². The number of halogens is 1. The first-order valence-corrected chi connectivity index (χ1v) is 12.4. The van der Waals surface area contributed by atoms with E-state index in [-0.39, 0.29) is 22.6 Å². The third kappa shape index (κ3) is 2.27. The summed E-state index contributed by atoms with van der Waals surface area (Å²) in [4.78, 5) is 0.290. The molecular formula is C27H24FNO2S. The van der Waals surface area contributed by atoms with Crippen LogP contribution in [0.5, 0.6) is 0 Å². The molecule has 0 amide bonds. The van der Waals surface area contributed by atoms with Crippen LogP contribution in [0.2, 0.25) is 0 Å². The molecule has 2 aliphatic carbocycles. The summed E-state index contributed by atoms with van der Waals surface area (Å²) in [5.74, 6) is -0.317. The Balaban J connectivity index is 1.58. The maximum Gasteiger partial charge on any atom is 0.264 e. The topological polar surface area (TPSA) is 37.4 Å². The lowest BCUT2D eigenvalue weighted by molar-refractivity contribution is 0.134. The molecule has 1 aliphatic heterocycles. The van der Waals surface area contributed by atoms with E-state index in [1.807, 2.05) is 49.4 Å². The third-order valence-electron chi connectivity index (χ3n) is 7.92. The second-order valence-corrected chi connectivity index (χ2v) is 11.2. The molecule has 0 saturated heterocycles. The van der Waals surface area contributed by atoms with E-state index in [1.165, 1.54) is 12.1 Å². The van der Waals surface area contributed by atoms with Gasteiger partial charge in [-0.1, -0.05) is 60.2 Å². The summed E-state index contributed by atoms with van der Waals surface area (Å²) in [7, 11) is -3.74. The predicted octanol–water partition coefficient (Wildman–Crippen LogP) is 5.60. The van der Waals surface area contributed by atoms with Gasteiger partial charge in [-0.25, -0.2) is 12.8 Å². The van der Waals surface area contributed by atoms with Gasteiger partial charge < -0.3 is 0 Å². The number of hydrogen-bond donors (Lipinski definition) is 0. The predicted molar refractivity (Wildman–Crippen MR) is 124 cm³/mol. The molecule has 32 heavy (non-hydrogen) atoms. The zero-order chi connectivity index (χ0) is 22.3. The van der Waals surface area contributed by atoms with Gasteiger partial charge in [0.25, 0.3) is 10.0 Å². The van der Waals surface area contributed by atoms with Crippen LogP contribution in [0.15, 0.2) is 89.8 Å². The van der Waals surface area contributed by atoms with E-state index in [2.05, 4.69) is 12.6 Å². The fourth-order valence-electron chi connectivity index (χ4n) is 6.34. The molecule has 2 fully saturated rings. The average Bonchev–Trinajstić information content (AvgIpc) is 3.62. The summed E-state index contributed by atoms with van der Waals surface area (Å²) in [5, 5.41) is 0. The number of fused-ring (bicyclic) bond motifs is 4. The number of aryl methyl sites for hydroxylation is 1. The van der Waals surface area contributed by atoms with Crippen LogP contribution < -0.4 is 4.31 Å². The molecule has 0 N–H and O–H groups in total. The zero-order valence-electron chi connectivity index (χ0n) is 17.9. The third-order valence-corrected chi connectivity index (χ3v) is 9.71. The van der Waals surface area contributed by atoms with Gasteiger partial charge in [0, 0.05) is 23.3 Å². The Bertz CT molecular complexity index is 1360. The van der Waals surface area contributed by atoms with Gasteiger partial charge in [0.05, 0.1) is 10.6 Å². The van der Waals surface area contributed by atoms with E-state index in [4.69, 9.17) is 0 Å². The summed E-state index contributed by atoms with van der Waals surface area (Å²) in [5.41, 5.74) is 4.48. The standard InChI is InChI=1S/C27H24FNO2S/c1-18-7-13-22(14-8-18)32(30,31)29-17-24-19(2)26(15-16-26)27(24,20-9-11-21(28)12-10-20)23-5-3-4-6-25(23)29/h3-14,24H,2,15-17H2,1H3/t24-,27-/m0/s1. The van der Waals surface area contributed by atoms with E-state index in [0.29, 0.717) is 17.1 Å². The van der Waals surface area contributed by atoms with Crippen molar-refractivity contribution in [2.75, 3.05) is 10.8 Å². The lowest BCUT2D eigenvalue weighted by atomic mass is 9.41. The lowest BCUT2D eigenvalue weighted by Crippen LogP contribution is -2.64. The Hall–Kier alpha value is -2.92. The van der Waals surface area contributed by atoms with Crippen LogP contribution in [0, 0.1) is 24.1 Å². The zero-order valence-corrected chi connectivity index (χ0v) is 18.7. The molecule has 2 atom stereocenters. The largest absolute Gasteiger partial charge is 0.265 e. The van der Waals surface area contributed by atoms with Gasteiger partial charge in [0.1, 0.15) is 5.82 Å². The van der Waals surface area contributed by atoms with Crippen LogP contribution in [-0.2, 0) is 15.4 Å². The monoisotopic (exact) mass is 445 g/mol. The first kappa shape index (κ1) is 19.7. The van der Waals surface area contributed by atoms with Crippen molar-refractivity contribution in [1.82, 2.24) is 0 Å². The van der Waals surface area contributed by atoms with Crippen molar-refractivity contribution in [3.63, 3.8) is 0 Å². The molecule has 0 bridgehead atoms. The molecule has 3 aromatic carbocycles. The molecule has 1 spiro atoms. The second-order valence-electron chi connectivity index (χ2n) is 9.34. The molecule has 1 heterocycles. The molecule has 162 valence electrons. The molecule has 3 aromatic rings. The highest BCUT2D eigenvalue weighted by atomic mass is 32.2. The van der Waals surface area contributed by atoms with Crippen molar-refractivity contribution in [2.45, 2.75) is 30.1 Å². The van der Waals surface area contributed by atoms with Gasteiger partial charge in [0.2, 0.25) is 0 Å². The minimum atomic E-state index is -3.74. The van der Waals surface area contributed by atoms with Gasteiger partial charge in [-0.2, -0.15) is 0 Å². The van der Waals surface area contributed by atoms with Gasteiger partial charge in [-0.15, -0.1) is 0 Å². The van der Waals surface area contributed by atoms with Crippen molar-refractivity contribution in [1.29, 1.82) is 0 Å². The summed E-state index contributed by atoms with van der Waals surface area (Å²) >= 11 is 0. The van der Waals surface area contributed by atoms with Crippen molar-refractivity contribution >= 4 is 15.7 Å². The van der Waals surface area contributed by atoms with E-state index in [1.54, 1.807) is 16.4 Å². The lowest BCUT2D eigenvalue weighted by Gasteiger charge is -2.64. The SMILES string of the molecule is C=C1[C@@H]2CN(S(=O)(=O)c3ccc(C)cc3)c3ccccc3[C@]2(c2ccc(F)cc2)C12CC2. The molecular weight excluding hydrogens is 421 g/mol. The van der Waals surface area contributed by atoms with Crippen LogP contribution in [0.3, 0.4) is 0 Å². The number of para-hydroxylation sites is 1. The van der Waals surface area contributed by atoms with E-state index in [9.17, 15) is 12.8 Å². The van der Waals surface area contributed by atoms with Gasteiger partial charge >= 0.3 is 0 Å². The van der Waals surface area contributed by atoms with Crippen LogP contribution >= 0.6 is 0 Å². The summed E-state index contributed by atoms with van der Waals surface area (Å²) in [6.07, 6.45) is 2.05. The van der Waals surface area contributed by atoms with Gasteiger partial charge in [-0.3, -0.25) is 4.31 Å². The van der Waals surface area contributed by atoms with Crippen molar-refractivity contribution < 1.29 is 12.8 Å². The molecule has 6 rings (SSSR count). The van der Waals surface area contributed by atoms with Crippen LogP contribution in [0.25, 0.3) is 0 Å². The molecule has 3 aliphatic rings. The molecule has 3 nitrogen and oxygen atoms in total. The summed E-state index contributed by atoms with van der Waals surface area (Å²) < 4.78 is 42.9. The van der Waals surface area contributed by atoms with Crippen LogP contribution in [-0.4, -0.2) is 15.0 Å². The minimum absolute atomic E-state index is 0.0504. The van der Waals surface area contributed by atoms with E-state index < -0.39 is 10.0 Å². The normalized spacial score (nSPS) is 25.1. The Morgan fingerprint density at radius 3 is 2.28 bits per heavy atom. The number of hydrogen-bond acceptors (Lipinski definition) is 2. The van der Waals surface area contributed by atoms with Gasteiger partial charge in [0.15, 0.2) is 0 Å². The number of sulfonamides is 1.